The maximum atomic E-state index is 12.4. The number of carbonyl (C=O) groups excluding carboxylic acids is 1. The van der Waals surface area contributed by atoms with Crippen LogP contribution in [0.4, 0.5) is 10.5 Å². The summed E-state index contributed by atoms with van der Waals surface area (Å²) in [6, 6.07) is 7.53. The molecule has 3 aromatic rings. The van der Waals surface area contributed by atoms with Gasteiger partial charge in [0.15, 0.2) is 11.1 Å². The first kappa shape index (κ1) is 21.5. The van der Waals surface area contributed by atoms with E-state index in [0.717, 1.165) is 11.3 Å². The summed E-state index contributed by atoms with van der Waals surface area (Å²) < 4.78 is 17.0. The predicted molar refractivity (Wildman–Crippen MR) is 121 cm³/mol. The third-order valence-electron chi connectivity index (χ3n) is 4.95. The van der Waals surface area contributed by atoms with Crippen LogP contribution in [0.3, 0.4) is 0 Å². The molecule has 166 valence electrons. The van der Waals surface area contributed by atoms with Gasteiger partial charge >= 0.3 is 6.09 Å². The second-order valence-electron chi connectivity index (χ2n) is 8.43. The number of benzene rings is 1. The number of anilines is 1. The van der Waals surface area contributed by atoms with E-state index in [4.69, 9.17) is 13.9 Å². The summed E-state index contributed by atoms with van der Waals surface area (Å²) in [6.07, 6.45) is 3.10. The van der Waals surface area contributed by atoms with Gasteiger partial charge in [0.1, 0.15) is 11.4 Å². The molecule has 0 atom stereocenters. The van der Waals surface area contributed by atoms with Crippen molar-refractivity contribution < 1.29 is 18.7 Å². The number of ether oxygens (including phenoxy) is 2. The lowest BCUT2D eigenvalue weighted by molar-refractivity contribution is 0.0240. The Kier molecular flexibility index (Phi) is 5.91. The molecule has 0 aliphatic carbocycles. The van der Waals surface area contributed by atoms with Crippen molar-refractivity contribution in [3.8, 4) is 17.6 Å². The Morgan fingerprint density at radius 2 is 1.91 bits per heavy atom. The largest absolute Gasteiger partial charge is 0.494 e. The van der Waals surface area contributed by atoms with Gasteiger partial charge in [0.2, 0.25) is 0 Å². The van der Waals surface area contributed by atoms with Gasteiger partial charge in [-0.1, -0.05) is 5.92 Å². The lowest BCUT2D eigenvalue weighted by Crippen LogP contribution is -2.50. The summed E-state index contributed by atoms with van der Waals surface area (Å²) in [5.41, 5.74) is 2.40. The number of carbonyl (C=O) groups is 1. The van der Waals surface area contributed by atoms with Crippen LogP contribution < -0.4 is 9.64 Å². The molecule has 2 aromatic heterocycles. The van der Waals surface area contributed by atoms with Gasteiger partial charge in [-0.3, -0.25) is 4.98 Å². The number of fused-ring (bicyclic) bond motifs is 1. The molecule has 32 heavy (non-hydrogen) atoms. The third-order valence-corrected chi connectivity index (χ3v) is 4.95. The summed E-state index contributed by atoms with van der Waals surface area (Å²) in [5.74, 6) is 6.91. The molecule has 1 amide bonds. The molecule has 8 heteroatoms. The summed E-state index contributed by atoms with van der Waals surface area (Å²) in [4.78, 5) is 24.9. The quantitative estimate of drug-likeness (QED) is 0.569. The second-order valence-corrected chi connectivity index (χ2v) is 8.43. The molecule has 1 aliphatic heterocycles. The van der Waals surface area contributed by atoms with Crippen molar-refractivity contribution in [3.05, 3.63) is 48.1 Å². The Morgan fingerprint density at radius 3 is 2.56 bits per heavy atom. The maximum Gasteiger partial charge on any atom is 0.410 e. The highest BCUT2D eigenvalue weighted by molar-refractivity contribution is 5.91. The Bertz CT molecular complexity index is 1160. The van der Waals surface area contributed by atoms with Gasteiger partial charge in [0, 0.05) is 44.1 Å². The average Bonchev–Trinajstić information content (AvgIpc) is 3.21. The van der Waals surface area contributed by atoms with E-state index in [-0.39, 0.29) is 6.09 Å². The van der Waals surface area contributed by atoms with Crippen LogP contribution in [0.2, 0.25) is 0 Å². The molecule has 0 radical (unpaired) electrons. The van der Waals surface area contributed by atoms with Crippen LogP contribution in [-0.4, -0.2) is 59.9 Å². The first-order valence-electron chi connectivity index (χ1n) is 10.5. The lowest BCUT2D eigenvalue weighted by atomic mass is 10.2. The van der Waals surface area contributed by atoms with Crippen molar-refractivity contribution in [2.45, 2.75) is 26.4 Å². The molecule has 1 aromatic carbocycles. The van der Waals surface area contributed by atoms with Gasteiger partial charge in [-0.05, 0) is 51.0 Å². The van der Waals surface area contributed by atoms with Crippen LogP contribution in [0.15, 0.2) is 41.1 Å². The summed E-state index contributed by atoms with van der Waals surface area (Å²) in [6.45, 7) is 8.03. The molecular weight excluding hydrogens is 408 g/mol. The number of piperazine rings is 1. The molecule has 0 saturated carbocycles. The maximum absolute atomic E-state index is 12.4. The van der Waals surface area contributed by atoms with E-state index < -0.39 is 5.60 Å². The first-order chi connectivity index (χ1) is 15.3. The van der Waals surface area contributed by atoms with Gasteiger partial charge in [-0.15, -0.1) is 0 Å². The van der Waals surface area contributed by atoms with Crippen molar-refractivity contribution in [1.29, 1.82) is 0 Å². The SMILES string of the molecule is COc1ccc(N2CCN(C(=O)OC(C)(C)C)CC2)c2oc(C#Cc3cccnc3)nc12. The average molecular weight is 434 g/mol. The Hall–Kier alpha value is -3.73. The van der Waals surface area contributed by atoms with Crippen molar-refractivity contribution in [2.75, 3.05) is 38.2 Å². The fourth-order valence-electron chi connectivity index (χ4n) is 3.46. The van der Waals surface area contributed by atoms with Gasteiger partial charge in [-0.2, -0.15) is 4.98 Å². The molecule has 0 unspecified atom stereocenters. The fourth-order valence-corrected chi connectivity index (χ4v) is 3.46. The highest BCUT2D eigenvalue weighted by Gasteiger charge is 2.27. The molecule has 3 heterocycles. The highest BCUT2D eigenvalue weighted by atomic mass is 16.6. The van der Waals surface area contributed by atoms with Crippen molar-refractivity contribution >= 4 is 22.9 Å². The Morgan fingerprint density at radius 1 is 1.12 bits per heavy atom. The van der Waals surface area contributed by atoms with Crippen LogP contribution in [0.1, 0.15) is 32.2 Å². The molecule has 0 N–H and O–H groups in total. The molecule has 1 aliphatic rings. The normalized spacial score (nSPS) is 14.1. The number of methoxy groups -OCH3 is 1. The van der Waals surface area contributed by atoms with E-state index >= 15 is 0 Å². The van der Waals surface area contributed by atoms with E-state index in [9.17, 15) is 4.79 Å². The zero-order valence-corrected chi connectivity index (χ0v) is 18.7. The second kappa shape index (κ2) is 8.79. The molecule has 1 fully saturated rings. The molecular formula is C24H26N4O4. The van der Waals surface area contributed by atoms with Gasteiger partial charge in [-0.25, -0.2) is 4.79 Å². The number of aromatic nitrogens is 2. The summed E-state index contributed by atoms with van der Waals surface area (Å²) >= 11 is 0. The summed E-state index contributed by atoms with van der Waals surface area (Å²) in [7, 11) is 1.60. The van der Waals surface area contributed by atoms with Gasteiger partial charge < -0.3 is 23.7 Å². The van der Waals surface area contributed by atoms with Gasteiger partial charge in [0.25, 0.3) is 5.89 Å². The number of oxazole rings is 1. The Labute approximate surface area is 187 Å². The fraction of sp³-hybridized carbons (Fsp3) is 0.375. The third kappa shape index (κ3) is 4.78. The number of rotatable bonds is 2. The van der Waals surface area contributed by atoms with Crippen molar-refractivity contribution in [1.82, 2.24) is 14.9 Å². The van der Waals surface area contributed by atoms with Crippen LogP contribution in [0.5, 0.6) is 5.75 Å². The Balaban J connectivity index is 1.57. The number of hydrogen-bond acceptors (Lipinski definition) is 7. The number of nitrogens with zero attached hydrogens (tertiary/aromatic N) is 4. The molecule has 4 rings (SSSR count). The van der Waals surface area contributed by atoms with E-state index in [1.54, 1.807) is 24.4 Å². The smallest absolute Gasteiger partial charge is 0.410 e. The van der Waals surface area contributed by atoms with Crippen LogP contribution in [0.25, 0.3) is 11.1 Å². The summed E-state index contributed by atoms with van der Waals surface area (Å²) in [5, 5.41) is 0. The van der Waals surface area contributed by atoms with E-state index in [0.29, 0.717) is 48.9 Å². The molecule has 8 nitrogen and oxygen atoms in total. The first-order valence-corrected chi connectivity index (χ1v) is 10.5. The highest BCUT2D eigenvalue weighted by Crippen LogP contribution is 2.34. The topological polar surface area (TPSA) is 80.9 Å². The zero-order valence-electron chi connectivity index (χ0n) is 18.7. The number of amides is 1. The van der Waals surface area contributed by atoms with E-state index in [2.05, 4.69) is 26.7 Å². The number of pyridine rings is 1. The van der Waals surface area contributed by atoms with Crippen LogP contribution >= 0.6 is 0 Å². The standard InChI is InChI=1S/C24H26N4O4/c1-24(2,3)32-23(29)28-14-12-27(13-15-28)18-8-9-19(30-4)21-22(18)31-20(26-21)10-7-17-6-5-11-25-16-17/h5-6,8-9,11,16H,12-15H2,1-4H3. The van der Waals surface area contributed by atoms with Crippen LogP contribution in [-0.2, 0) is 4.74 Å². The predicted octanol–water partition coefficient (Wildman–Crippen LogP) is 3.69. The minimum absolute atomic E-state index is 0.287. The van der Waals surface area contributed by atoms with E-state index in [1.807, 2.05) is 45.0 Å². The lowest BCUT2D eigenvalue weighted by Gasteiger charge is -2.36. The number of hydrogen-bond donors (Lipinski definition) is 0. The van der Waals surface area contributed by atoms with Crippen LogP contribution in [0, 0.1) is 11.8 Å². The molecule has 0 bridgehead atoms. The minimum atomic E-state index is -0.510. The minimum Gasteiger partial charge on any atom is -0.494 e. The van der Waals surface area contributed by atoms with E-state index in [1.165, 1.54) is 0 Å². The van der Waals surface area contributed by atoms with Gasteiger partial charge in [0.05, 0.1) is 12.8 Å². The van der Waals surface area contributed by atoms with Crippen molar-refractivity contribution in [3.63, 3.8) is 0 Å². The molecule has 0 spiro atoms. The molecule has 1 saturated heterocycles. The van der Waals surface area contributed by atoms with Crippen molar-refractivity contribution in [2.24, 2.45) is 0 Å². The monoisotopic (exact) mass is 434 g/mol. The zero-order chi connectivity index (χ0) is 22.7.